The van der Waals surface area contributed by atoms with Crippen molar-refractivity contribution >= 4 is 11.6 Å². The molecule has 0 fully saturated rings. The average molecular weight is 317 g/mol. The van der Waals surface area contributed by atoms with E-state index in [1.54, 1.807) is 39.3 Å². The Labute approximate surface area is 135 Å². The van der Waals surface area contributed by atoms with Gasteiger partial charge >= 0.3 is 0 Å². The summed E-state index contributed by atoms with van der Waals surface area (Å²) in [7, 11) is 3.13. The van der Waals surface area contributed by atoms with Gasteiger partial charge in [-0.25, -0.2) is 4.39 Å². The van der Waals surface area contributed by atoms with E-state index >= 15 is 0 Å². The van der Waals surface area contributed by atoms with Crippen molar-refractivity contribution in [2.45, 2.75) is 19.8 Å². The molecule has 122 valence electrons. The fraction of sp³-hybridized carbons (Fsp3) is 0.278. The van der Waals surface area contributed by atoms with Gasteiger partial charge in [0.15, 0.2) is 11.5 Å². The molecule has 2 aromatic rings. The fourth-order valence-electron chi connectivity index (χ4n) is 2.23. The van der Waals surface area contributed by atoms with Crippen LogP contribution in [0.3, 0.4) is 0 Å². The molecule has 4 nitrogen and oxygen atoms in total. The van der Waals surface area contributed by atoms with Crippen LogP contribution in [0.15, 0.2) is 36.4 Å². The van der Waals surface area contributed by atoms with Crippen molar-refractivity contribution in [3.63, 3.8) is 0 Å². The molecule has 0 saturated carbocycles. The minimum absolute atomic E-state index is 0.202. The summed E-state index contributed by atoms with van der Waals surface area (Å²) in [5, 5.41) is 2.59. The Kier molecular flexibility index (Phi) is 5.57. The van der Waals surface area contributed by atoms with Crippen molar-refractivity contribution in [2.75, 3.05) is 19.5 Å². The van der Waals surface area contributed by atoms with Gasteiger partial charge in [0, 0.05) is 6.42 Å². The zero-order valence-corrected chi connectivity index (χ0v) is 13.5. The quantitative estimate of drug-likeness (QED) is 0.883. The first-order chi connectivity index (χ1) is 11.0. The largest absolute Gasteiger partial charge is 0.493 e. The molecule has 2 rings (SSSR count). The number of nitrogens with one attached hydrogen (secondary N) is 1. The Hall–Kier alpha value is -2.56. The molecule has 0 aliphatic carbocycles. The van der Waals surface area contributed by atoms with Gasteiger partial charge in [0.2, 0.25) is 5.91 Å². The Morgan fingerprint density at radius 1 is 1.09 bits per heavy atom. The molecular formula is C18H20FNO3. The van der Waals surface area contributed by atoms with Gasteiger partial charge in [0.25, 0.3) is 0 Å². The number of carbonyl (C=O) groups is 1. The zero-order chi connectivity index (χ0) is 16.8. The van der Waals surface area contributed by atoms with E-state index in [1.807, 2.05) is 12.1 Å². The molecule has 0 heterocycles. The topological polar surface area (TPSA) is 47.6 Å². The molecule has 0 spiro atoms. The van der Waals surface area contributed by atoms with Gasteiger partial charge in [-0.1, -0.05) is 12.1 Å². The lowest BCUT2D eigenvalue weighted by atomic mass is 10.1. The summed E-state index contributed by atoms with van der Waals surface area (Å²) in [5.41, 5.74) is 1.96. The number of anilines is 1. The molecular weight excluding hydrogens is 297 g/mol. The summed E-state index contributed by atoms with van der Waals surface area (Å²) in [6.07, 6.45) is 0.780. The van der Waals surface area contributed by atoms with Crippen LogP contribution in [0.25, 0.3) is 0 Å². The predicted octanol–water partition coefficient (Wildman–Crippen LogP) is 3.72. The standard InChI is InChI=1S/C18H20FNO3/c1-12-4-7-15(14(19)10-12)20-18(21)9-6-13-5-8-16(22-2)17(11-13)23-3/h4-5,7-8,10-11H,6,9H2,1-3H3,(H,20,21). The molecule has 2 aromatic carbocycles. The lowest BCUT2D eigenvalue weighted by molar-refractivity contribution is -0.116. The number of halogens is 1. The van der Waals surface area contributed by atoms with Crippen LogP contribution in [0, 0.1) is 12.7 Å². The minimum Gasteiger partial charge on any atom is -0.493 e. The number of rotatable bonds is 6. The van der Waals surface area contributed by atoms with E-state index in [1.165, 1.54) is 6.07 Å². The van der Waals surface area contributed by atoms with E-state index in [4.69, 9.17) is 9.47 Å². The monoisotopic (exact) mass is 317 g/mol. The predicted molar refractivity (Wildman–Crippen MR) is 87.6 cm³/mol. The van der Waals surface area contributed by atoms with Crippen molar-refractivity contribution in [3.05, 3.63) is 53.3 Å². The molecule has 0 bridgehead atoms. The molecule has 0 aliphatic heterocycles. The van der Waals surface area contributed by atoms with Crippen molar-refractivity contribution in [2.24, 2.45) is 0 Å². The number of amides is 1. The van der Waals surface area contributed by atoms with Gasteiger partial charge in [-0.2, -0.15) is 0 Å². The fourth-order valence-corrected chi connectivity index (χ4v) is 2.23. The van der Waals surface area contributed by atoms with Gasteiger partial charge in [-0.3, -0.25) is 4.79 Å². The maximum atomic E-state index is 13.7. The van der Waals surface area contributed by atoms with Crippen LogP contribution in [0.5, 0.6) is 11.5 Å². The smallest absolute Gasteiger partial charge is 0.224 e. The Morgan fingerprint density at radius 2 is 1.83 bits per heavy atom. The normalized spacial score (nSPS) is 10.3. The van der Waals surface area contributed by atoms with Crippen molar-refractivity contribution < 1.29 is 18.7 Å². The van der Waals surface area contributed by atoms with E-state index in [2.05, 4.69) is 5.32 Å². The zero-order valence-electron chi connectivity index (χ0n) is 13.5. The molecule has 0 aromatic heterocycles. The third-order valence-corrected chi connectivity index (χ3v) is 3.49. The van der Waals surface area contributed by atoms with Crippen LogP contribution >= 0.6 is 0 Å². The lowest BCUT2D eigenvalue weighted by Crippen LogP contribution is -2.13. The SMILES string of the molecule is COc1ccc(CCC(=O)Nc2ccc(C)cc2F)cc1OC. The second kappa shape index (κ2) is 7.63. The third kappa shape index (κ3) is 4.45. The van der Waals surface area contributed by atoms with Crippen LogP contribution in [-0.2, 0) is 11.2 Å². The Balaban J connectivity index is 1.96. The van der Waals surface area contributed by atoms with Crippen molar-refractivity contribution in [1.82, 2.24) is 0 Å². The number of hydrogen-bond acceptors (Lipinski definition) is 3. The number of aryl methyl sites for hydroxylation is 2. The molecule has 0 atom stereocenters. The number of methoxy groups -OCH3 is 2. The summed E-state index contributed by atoms with van der Waals surface area (Å²) >= 11 is 0. The summed E-state index contributed by atoms with van der Waals surface area (Å²) in [5.74, 6) is 0.601. The second-order valence-electron chi connectivity index (χ2n) is 5.22. The van der Waals surface area contributed by atoms with Crippen LogP contribution in [-0.4, -0.2) is 20.1 Å². The molecule has 5 heteroatoms. The summed E-state index contributed by atoms with van der Waals surface area (Å²) in [6.45, 7) is 1.80. The number of benzene rings is 2. The van der Waals surface area contributed by atoms with E-state index in [-0.39, 0.29) is 18.0 Å². The van der Waals surface area contributed by atoms with Gasteiger partial charge < -0.3 is 14.8 Å². The highest BCUT2D eigenvalue weighted by molar-refractivity contribution is 5.91. The Bertz CT molecular complexity index is 701. The van der Waals surface area contributed by atoms with Crippen LogP contribution in [0.1, 0.15) is 17.5 Å². The van der Waals surface area contributed by atoms with Crippen LogP contribution in [0.4, 0.5) is 10.1 Å². The highest BCUT2D eigenvalue weighted by atomic mass is 19.1. The van der Waals surface area contributed by atoms with Gasteiger partial charge in [0.05, 0.1) is 19.9 Å². The molecule has 23 heavy (non-hydrogen) atoms. The maximum Gasteiger partial charge on any atom is 0.224 e. The molecule has 0 radical (unpaired) electrons. The van der Waals surface area contributed by atoms with E-state index in [0.717, 1.165) is 11.1 Å². The summed E-state index contributed by atoms with van der Waals surface area (Å²) < 4.78 is 24.1. The molecule has 1 amide bonds. The molecule has 0 saturated heterocycles. The Morgan fingerprint density at radius 3 is 2.48 bits per heavy atom. The maximum absolute atomic E-state index is 13.7. The first kappa shape index (κ1) is 16.8. The highest BCUT2D eigenvalue weighted by Crippen LogP contribution is 2.28. The second-order valence-corrected chi connectivity index (χ2v) is 5.22. The minimum atomic E-state index is -0.426. The van der Waals surface area contributed by atoms with Crippen LogP contribution < -0.4 is 14.8 Å². The van der Waals surface area contributed by atoms with Crippen molar-refractivity contribution in [1.29, 1.82) is 0 Å². The molecule has 0 unspecified atom stereocenters. The number of ether oxygens (including phenoxy) is 2. The van der Waals surface area contributed by atoms with Gasteiger partial charge in [0.1, 0.15) is 5.82 Å². The third-order valence-electron chi connectivity index (χ3n) is 3.49. The van der Waals surface area contributed by atoms with E-state index < -0.39 is 5.82 Å². The molecule has 1 N–H and O–H groups in total. The van der Waals surface area contributed by atoms with E-state index in [0.29, 0.717) is 17.9 Å². The highest BCUT2D eigenvalue weighted by Gasteiger charge is 2.09. The van der Waals surface area contributed by atoms with Gasteiger partial charge in [-0.05, 0) is 48.7 Å². The number of hydrogen-bond donors (Lipinski definition) is 1. The van der Waals surface area contributed by atoms with Crippen LogP contribution in [0.2, 0.25) is 0 Å². The summed E-state index contributed by atoms with van der Waals surface area (Å²) in [4.78, 5) is 12.0. The van der Waals surface area contributed by atoms with Crippen molar-refractivity contribution in [3.8, 4) is 11.5 Å². The molecule has 0 aliphatic rings. The van der Waals surface area contributed by atoms with Gasteiger partial charge in [-0.15, -0.1) is 0 Å². The first-order valence-electron chi connectivity index (χ1n) is 7.30. The first-order valence-corrected chi connectivity index (χ1v) is 7.30. The summed E-state index contributed by atoms with van der Waals surface area (Å²) in [6, 6.07) is 10.2. The average Bonchev–Trinajstić information content (AvgIpc) is 2.55. The lowest BCUT2D eigenvalue weighted by Gasteiger charge is -2.10. The number of carbonyl (C=O) groups excluding carboxylic acids is 1. The van der Waals surface area contributed by atoms with E-state index in [9.17, 15) is 9.18 Å².